The number of sulfonamides is 1. The maximum Gasteiger partial charge on any atom is 0.257 e. The maximum atomic E-state index is 13.2. The number of anilines is 2. The van der Waals surface area contributed by atoms with Crippen LogP contribution in [0.3, 0.4) is 0 Å². The number of nitrogens with zero attached hydrogens (tertiary/aromatic N) is 1. The SMILES string of the molecule is COc1cc(C(=O)Nc2ccc(C)cc2)c(N(Cc2ccccc2)S(C)(=O)=O)cc1OC. The van der Waals surface area contributed by atoms with E-state index in [2.05, 4.69) is 5.32 Å². The Labute approximate surface area is 188 Å². The topological polar surface area (TPSA) is 84.9 Å². The van der Waals surface area contributed by atoms with Crippen molar-refractivity contribution >= 4 is 27.3 Å². The molecule has 3 rings (SSSR count). The molecule has 0 spiro atoms. The van der Waals surface area contributed by atoms with Crippen molar-refractivity contribution < 1.29 is 22.7 Å². The number of ether oxygens (including phenoxy) is 2. The molecule has 0 unspecified atom stereocenters. The average molecular weight is 455 g/mol. The van der Waals surface area contributed by atoms with Gasteiger partial charge in [0.15, 0.2) is 11.5 Å². The Hall–Kier alpha value is -3.52. The molecule has 0 atom stereocenters. The van der Waals surface area contributed by atoms with E-state index in [1.54, 1.807) is 12.1 Å². The molecular weight excluding hydrogens is 428 g/mol. The number of methoxy groups -OCH3 is 2. The van der Waals surface area contributed by atoms with E-state index in [0.717, 1.165) is 17.4 Å². The maximum absolute atomic E-state index is 13.2. The molecule has 3 aromatic carbocycles. The van der Waals surface area contributed by atoms with Crippen LogP contribution in [0.25, 0.3) is 0 Å². The molecule has 0 aliphatic heterocycles. The molecule has 0 radical (unpaired) electrons. The quantitative estimate of drug-likeness (QED) is 0.551. The van der Waals surface area contributed by atoms with Gasteiger partial charge in [-0.15, -0.1) is 0 Å². The minimum Gasteiger partial charge on any atom is -0.493 e. The molecule has 0 aliphatic rings. The zero-order chi connectivity index (χ0) is 23.3. The number of nitrogens with one attached hydrogen (secondary N) is 1. The van der Waals surface area contributed by atoms with Crippen LogP contribution in [-0.2, 0) is 16.6 Å². The molecule has 0 fully saturated rings. The first-order valence-electron chi connectivity index (χ1n) is 9.88. The van der Waals surface area contributed by atoms with Gasteiger partial charge in [-0.05, 0) is 30.7 Å². The van der Waals surface area contributed by atoms with Crippen molar-refractivity contribution in [2.24, 2.45) is 0 Å². The Kier molecular flexibility index (Phi) is 7.05. The fourth-order valence-corrected chi connectivity index (χ4v) is 4.11. The summed E-state index contributed by atoms with van der Waals surface area (Å²) < 4.78 is 37.5. The summed E-state index contributed by atoms with van der Waals surface area (Å²) in [6, 6.07) is 19.5. The van der Waals surface area contributed by atoms with Crippen LogP contribution in [-0.4, -0.2) is 34.8 Å². The number of aryl methyl sites for hydroxylation is 1. The predicted molar refractivity (Wildman–Crippen MR) is 126 cm³/mol. The molecule has 0 saturated carbocycles. The molecule has 3 aromatic rings. The van der Waals surface area contributed by atoms with Gasteiger partial charge < -0.3 is 14.8 Å². The number of rotatable bonds is 8. The van der Waals surface area contributed by atoms with Gasteiger partial charge in [0, 0.05) is 11.8 Å². The van der Waals surface area contributed by atoms with Gasteiger partial charge >= 0.3 is 0 Å². The summed E-state index contributed by atoms with van der Waals surface area (Å²) in [6.07, 6.45) is 1.11. The van der Waals surface area contributed by atoms with E-state index < -0.39 is 15.9 Å². The summed E-state index contributed by atoms with van der Waals surface area (Å²) in [5.41, 5.74) is 2.76. The highest BCUT2D eigenvalue weighted by Gasteiger charge is 2.26. The summed E-state index contributed by atoms with van der Waals surface area (Å²) in [5.74, 6) is 0.168. The van der Waals surface area contributed by atoms with Gasteiger partial charge in [-0.3, -0.25) is 9.10 Å². The Balaban J connectivity index is 2.12. The molecule has 0 aliphatic carbocycles. The average Bonchev–Trinajstić information content (AvgIpc) is 2.78. The van der Waals surface area contributed by atoms with Gasteiger partial charge in [0.2, 0.25) is 10.0 Å². The number of hydrogen-bond acceptors (Lipinski definition) is 5. The van der Waals surface area contributed by atoms with E-state index in [9.17, 15) is 13.2 Å². The lowest BCUT2D eigenvalue weighted by molar-refractivity contribution is 0.102. The third-order valence-corrected chi connectivity index (χ3v) is 6.02. The standard InChI is InChI=1S/C24H26N2O5S/c1-17-10-12-19(13-11-17)25-24(27)20-14-22(30-2)23(31-3)15-21(20)26(32(4,28)29)16-18-8-6-5-7-9-18/h5-15H,16H2,1-4H3,(H,25,27). The summed E-state index contributed by atoms with van der Waals surface area (Å²) in [7, 11) is -0.828. The third-order valence-electron chi connectivity index (χ3n) is 4.89. The largest absolute Gasteiger partial charge is 0.493 e. The van der Waals surface area contributed by atoms with Crippen LogP contribution in [0, 0.1) is 6.92 Å². The Morgan fingerprint density at radius 3 is 2.09 bits per heavy atom. The van der Waals surface area contributed by atoms with Gasteiger partial charge in [0.05, 0.1) is 38.3 Å². The zero-order valence-electron chi connectivity index (χ0n) is 18.5. The van der Waals surface area contributed by atoms with E-state index in [1.165, 1.54) is 30.7 Å². The Morgan fingerprint density at radius 2 is 1.53 bits per heavy atom. The Bertz CT molecular complexity index is 1190. The molecule has 0 heterocycles. The van der Waals surface area contributed by atoms with Crippen molar-refractivity contribution in [3.8, 4) is 11.5 Å². The van der Waals surface area contributed by atoms with Crippen molar-refractivity contribution in [3.05, 3.63) is 83.4 Å². The van der Waals surface area contributed by atoms with E-state index in [1.807, 2.05) is 49.4 Å². The zero-order valence-corrected chi connectivity index (χ0v) is 19.3. The number of benzene rings is 3. The second-order valence-electron chi connectivity index (χ2n) is 7.30. The van der Waals surface area contributed by atoms with E-state index >= 15 is 0 Å². The molecule has 0 bridgehead atoms. The molecule has 168 valence electrons. The predicted octanol–water partition coefficient (Wildman–Crippen LogP) is 4.23. The van der Waals surface area contributed by atoms with Crippen molar-refractivity contribution in [2.45, 2.75) is 13.5 Å². The van der Waals surface area contributed by atoms with Gasteiger partial charge in [0.25, 0.3) is 5.91 Å². The van der Waals surface area contributed by atoms with Crippen molar-refractivity contribution in [1.82, 2.24) is 0 Å². The monoisotopic (exact) mass is 454 g/mol. The second kappa shape index (κ2) is 9.74. The van der Waals surface area contributed by atoms with E-state index in [-0.39, 0.29) is 17.8 Å². The third kappa shape index (κ3) is 5.39. The number of hydrogen-bond donors (Lipinski definition) is 1. The molecule has 32 heavy (non-hydrogen) atoms. The molecule has 1 N–H and O–H groups in total. The van der Waals surface area contributed by atoms with Crippen molar-refractivity contribution in [1.29, 1.82) is 0 Å². The molecule has 0 aromatic heterocycles. The minimum atomic E-state index is -3.74. The first-order valence-corrected chi connectivity index (χ1v) is 11.7. The van der Waals surface area contributed by atoms with Crippen molar-refractivity contribution in [2.75, 3.05) is 30.1 Å². The van der Waals surface area contributed by atoms with Crippen LogP contribution in [0.15, 0.2) is 66.7 Å². The second-order valence-corrected chi connectivity index (χ2v) is 9.21. The van der Waals surface area contributed by atoms with Crippen molar-refractivity contribution in [3.63, 3.8) is 0 Å². The molecule has 1 amide bonds. The Morgan fingerprint density at radius 1 is 0.938 bits per heavy atom. The highest BCUT2D eigenvalue weighted by atomic mass is 32.2. The summed E-state index contributed by atoms with van der Waals surface area (Å²) in [5, 5.41) is 2.83. The normalized spacial score (nSPS) is 11.0. The molecule has 7 nitrogen and oxygen atoms in total. The highest BCUT2D eigenvalue weighted by molar-refractivity contribution is 7.92. The van der Waals surface area contributed by atoms with Gasteiger partial charge in [-0.2, -0.15) is 0 Å². The lowest BCUT2D eigenvalue weighted by atomic mass is 10.1. The molecular formula is C24H26N2O5S. The molecule has 0 saturated heterocycles. The van der Waals surface area contributed by atoms with Gasteiger partial charge in [0.1, 0.15) is 0 Å². The fourth-order valence-electron chi connectivity index (χ4n) is 3.22. The lowest BCUT2D eigenvalue weighted by Gasteiger charge is -2.26. The van der Waals surface area contributed by atoms with E-state index in [0.29, 0.717) is 17.2 Å². The van der Waals surface area contributed by atoms with Crippen LogP contribution >= 0.6 is 0 Å². The smallest absolute Gasteiger partial charge is 0.257 e. The number of carbonyl (C=O) groups is 1. The number of amides is 1. The highest BCUT2D eigenvalue weighted by Crippen LogP contribution is 2.37. The van der Waals surface area contributed by atoms with E-state index in [4.69, 9.17) is 9.47 Å². The summed E-state index contributed by atoms with van der Waals surface area (Å²) in [6.45, 7) is 2.01. The molecule has 8 heteroatoms. The van der Waals surface area contributed by atoms with Crippen LogP contribution in [0.1, 0.15) is 21.5 Å². The summed E-state index contributed by atoms with van der Waals surface area (Å²) >= 11 is 0. The first-order chi connectivity index (χ1) is 15.2. The summed E-state index contributed by atoms with van der Waals surface area (Å²) in [4.78, 5) is 13.2. The minimum absolute atomic E-state index is 0.0555. The van der Waals surface area contributed by atoms with Gasteiger partial charge in [-0.1, -0.05) is 48.0 Å². The van der Waals surface area contributed by atoms with Gasteiger partial charge in [-0.25, -0.2) is 8.42 Å². The van der Waals surface area contributed by atoms with Crippen LogP contribution in [0.5, 0.6) is 11.5 Å². The van der Waals surface area contributed by atoms with Crippen LogP contribution < -0.4 is 19.1 Å². The first kappa shape index (κ1) is 23.1. The number of carbonyl (C=O) groups excluding carboxylic acids is 1. The lowest BCUT2D eigenvalue weighted by Crippen LogP contribution is -2.31. The fraction of sp³-hybridized carbons (Fsp3) is 0.208. The van der Waals surface area contributed by atoms with Crippen LogP contribution in [0.2, 0.25) is 0 Å². The van der Waals surface area contributed by atoms with Crippen LogP contribution in [0.4, 0.5) is 11.4 Å².